The maximum Gasteiger partial charge on any atom is 0.146 e. The molecule has 0 saturated heterocycles. The van der Waals surface area contributed by atoms with E-state index in [1.54, 1.807) is 4.80 Å². The molecule has 204 valence electrons. The number of hydrogen-bond donors (Lipinski definition) is 1. The molecule has 0 saturated carbocycles. The summed E-state index contributed by atoms with van der Waals surface area (Å²) in [5.74, 6) is 1.11. The predicted octanol–water partition coefficient (Wildman–Crippen LogP) is 9.11. The number of ether oxygens (including phenoxy) is 1. The summed E-state index contributed by atoms with van der Waals surface area (Å²) in [6.07, 6.45) is 19.9. The minimum atomic E-state index is 0.319. The third-order valence-electron chi connectivity index (χ3n) is 7.23. The summed E-state index contributed by atoms with van der Waals surface area (Å²) in [4.78, 5) is 1.61. The molecule has 3 aromatic rings. The van der Waals surface area contributed by atoms with Crippen molar-refractivity contribution in [3.8, 4) is 17.2 Å². The van der Waals surface area contributed by atoms with E-state index >= 15 is 0 Å². The monoisotopic (exact) mass is 507 g/mol. The lowest BCUT2D eigenvalue weighted by Gasteiger charge is -2.13. The van der Waals surface area contributed by atoms with Crippen LogP contribution >= 0.6 is 0 Å². The van der Waals surface area contributed by atoms with Crippen LogP contribution in [0, 0.1) is 0 Å². The Balaban J connectivity index is 1.73. The van der Waals surface area contributed by atoms with Gasteiger partial charge in [0.25, 0.3) is 0 Å². The molecule has 0 spiro atoms. The number of unbranched alkanes of at least 4 members (excludes halogenated alkanes) is 12. The minimum absolute atomic E-state index is 0.319. The van der Waals surface area contributed by atoms with Gasteiger partial charge in [0.05, 0.1) is 6.61 Å². The number of aromatic nitrogens is 3. The van der Waals surface area contributed by atoms with Gasteiger partial charge in [-0.05, 0) is 61.9 Å². The third-order valence-corrected chi connectivity index (χ3v) is 7.23. The lowest BCUT2D eigenvalue weighted by molar-refractivity contribution is 0.340. The summed E-state index contributed by atoms with van der Waals surface area (Å²) >= 11 is 0. The molecule has 5 nitrogen and oxygen atoms in total. The average Bonchev–Trinajstić information content (AvgIpc) is 3.32. The Bertz CT molecular complexity index is 1060. The molecule has 2 aromatic carbocycles. The van der Waals surface area contributed by atoms with Gasteiger partial charge in [-0.1, -0.05) is 97.0 Å². The van der Waals surface area contributed by atoms with E-state index in [2.05, 4.69) is 26.0 Å². The molecule has 0 unspecified atom stereocenters. The van der Waals surface area contributed by atoms with Crippen LogP contribution in [0.3, 0.4) is 0 Å². The number of aromatic hydroxyl groups is 1. The van der Waals surface area contributed by atoms with E-state index < -0.39 is 0 Å². The van der Waals surface area contributed by atoms with Gasteiger partial charge in [0.15, 0.2) is 0 Å². The Morgan fingerprint density at radius 1 is 0.676 bits per heavy atom. The summed E-state index contributed by atoms with van der Waals surface area (Å²) in [5, 5.41) is 20.7. The molecule has 1 aromatic heterocycles. The van der Waals surface area contributed by atoms with Crippen LogP contribution in [0.25, 0.3) is 16.7 Å². The Morgan fingerprint density at radius 2 is 1.27 bits per heavy atom. The zero-order valence-corrected chi connectivity index (χ0v) is 23.6. The Hall–Kier alpha value is -2.56. The van der Waals surface area contributed by atoms with Gasteiger partial charge in [0.1, 0.15) is 28.2 Å². The molecule has 0 amide bonds. The van der Waals surface area contributed by atoms with Gasteiger partial charge in [-0.3, -0.25) is 0 Å². The number of aryl methyl sites for hydroxylation is 2. The number of fused-ring (bicyclic) bond motifs is 1. The van der Waals surface area contributed by atoms with Crippen molar-refractivity contribution in [3.63, 3.8) is 0 Å². The summed E-state index contributed by atoms with van der Waals surface area (Å²) in [6.45, 7) is 7.11. The highest BCUT2D eigenvalue weighted by atomic mass is 16.5. The molecule has 1 N–H and O–H groups in total. The highest BCUT2D eigenvalue weighted by Gasteiger charge is 2.15. The highest BCUT2D eigenvalue weighted by Crippen LogP contribution is 2.31. The Labute approximate surface area is 224 Å². The van der Waals surface area contributed by atoms with E-state index in [4.69, 9.17) is 14.9 Å². The van der Waals surface area contributed by atoms with Crippen molar-refractivity contribution in [1.29, 1.82) is 0 Å². The van der Waals surface area contributed by atoms with Gasteiger partial charge in [-0.15, -0.1) is 15.0 Å². The number of nitrogens with zero attached hydrogens (tertiary/aromatic N) is 3. The first kappa shape index (κ1) is 29.0. The first-order valence-electron chi connectivity index (χ1n) is 15.0. The molecule has 0 aliphatic carbocycles. The first-order chi connectivity index (χ1) is 18.2. The van der Waals surface area contributed by atoms with Crippen LogP contribution in [0.5, 0.6) is 11.5 Å². The maximum absolute atomic E-state index is 11.3. The largest absolute Gasteiger partial charge is 0.505 e. The fourth-order valence-corrected chi connectivity index (χ4v) is 5.05. The molecule has 0 atom stereocenters. The smallest absolute Gasteiger partial charge is 0.146 e. The second-order valence-electron chi connectivity index (χ2n) is 10.4. The van der Waals surface area contributed by atoms with Crippen molar-refractivity contribution in [1.82, 2.24) is 15.0 Å². The van der Waals surface area contributed by atoms with Crippen LogP contribution in [-0.2, 0) is 12.8 Å². The van der Waals surface area contributed by atoms with Crippen LogP contribution in [0.2, 0.25) is 0 Å². The van der Waals surface area contributed by atoms with Gasteiger partial charge in [-0.2, -0.15) is 0 Å². The summed E-state index contributed by atoms with van der Waals surface area (Å²) in [5.41, 5.74) is 4.56. The van der Waals surface area contributed by atoms with Crippen molar-refractivity contribution < 1.29 is 9.84 Å². The van der Waals surface area contributed by atoms with E-state index in [1.165, 1.54) is 89.0 Å². The molecule has 37 heavy (non-hydrogen) atoms. The van der Waals surface area contributed by atoms with E-state index in [0.29, 0.717) is 18.0 Å². The maximum atomic E-state index is 11.3. The molecule has 0 aliphatic rings. The number of phenols is 1. The molecule has 3 rings (SSSR count). The average molecular weight is 508 g/mol. The molecular formula is C32H49N3O2. The minimum Gasteiger partial charge on any atom is -0.505 e. The van der Waals surface area contributed by atoms with Gasteiger partial charge >= 0.3 is 0 Å². The fourth-order valence-electron chi connectivity index (χ4n) is 5.05. The molecule has 5 heteroatoms. The van der Waals surface area contributed by atoms with E-state index in [-0.39, 0.29) is 0 Å². The van der Waals surface area contributed by atoms with Crippen LogP contribution in [0.15, 0.2) is 30.3 Å². The van der Waals surface area contributed by atoms with Gasteiger partial charge in [0, 0.05) is 6.07 Å². The predicted molar refractivity (Wildman–Crippen MR) is 155 cm³/mol. The third kappa shape index (κ3) is 9.36. The van der Waals surface area contributed by atoms with Crippen molar-refractivity contribution >= 4 is 11.0 Å². The van der Waals surface area contributed by atoms with Gasteiger partial charge < -0.3 is 9.84 Å². The zero-order chi connectivity index (χ0) is 26.3. The Morgan fingerprint density at radius 3 is 1.92 bits per heavy atom. The highest BCUT2D eigenvalue weighted by molar-refractivity contribution is 5.76. The number of phenolic OH excluding ortho intramolecular Hbond substituents is 1. The van der Waals surface area contributed by atoms with Crippen LogP contribution < -0.4 is 4.74 Å². The molecular weight excluding hydrogens is 458 g/mol. The number of rotatable bonds is 19. The summed E-state index contributed by atoms with van der Waals surface area (Å²) in [6, 6.07) is 10.1. The molecule has 0 radical (unpaired) electrons. The van der Waals surface area contributed by atoms with Crippen LogP contribution in [0.1, 0.15) is 122 Å². The normalized spacial score (nSPS) is 11.4. The van der Waals surface area contributed by atoms with Crippen molar-refractivity contribution in [2.24, 2.45) is 0 Å². The standard InChI is InChI=1S/C32H49N3O2/c1-4-7-9-11-13-15-17-19-26-23-27(20-18-16-14-12-10-8-5-2)32(36)31(24-26)35-33-29-22-21-28(37-6-3)25-30(29)34-35/h21-25,36H,4-20H2,1-3H3. The number of hydrogen-bond acceptors (Lipinski definition) is 4. The molecule has 0 aliphatic heterocycles. The first-order valence-corrected chi connectivity index (χ1v) is 15.0. The van der Waals surface area contributed by atoms with Crippen molar-refractivity contribution in [2.45, 2.75) is 124 Å². The Kier molecular flexibility index (Phi) is 12.8. The topological polar surface area (TPSA) is 60.2 Å². The molecule has 0 bridgehead atoms. The molecule has 1 heterocycles. The van der Waals surface area contributed by atoms with E-state index in [9.17, 15) is 5.11 Å². The van der Waals surface area contributed by atoms with E-state index in [0.717, 1.165) is 41.6 Å². The quantitative estimate of drug-likeness (QED) is 0.164. The molecule has 0 fully saturated rings. The number of benzene rings is 2. The second-order valence-corrected chi connectivity index (χ2v) is 10.4. The van der Waals surface area contributed by atoms with E-state index in [1.807, 2.05) is 25.1 Å². The van der Waals surface area contributed by atoms with Crippen molar-refractivity contribution in [3.05, 3.63) is 41.5 Å². The van der Waals surface area contributed by atoms with Crippen molar-refractivity contribution in [2.75, 3.05) is 6.61 Å². The fraction of sp³-hybridized carbons (Fsp3) is 0.625. The second kappa shape index (κ2) is 16.3. The zero-order valence-electron chi connectivity index (χ0n) is 23.6. The lowest BCUT2D eigenvalue weighted by Crippen LogP contribution is -2.03. The van der Waals surface area contributed by atoms with Gasteiger partial charge in [0.2, 0.25) is 0 Å². The lowest BCUT2D eigenvalue weighted by atomic mass is 9.98. The summed E-state index contributed by atoms with van der Waals surface area (Å²) in [7, 11) is 0. The van der Waals surface area contributed by atoms with Crippen LogP contribution in [-0.4, -0.2) is 26.7 Å². The summed E-state index contributed by atoms with van der Waals surface area (Å²) < 4.78 is 5.64. The van der Waals surface area contributed by atoms with Crippen LogP contribution in [0.4, 0.5) is 0 Å². The van der Waals surface area contributed by atoms with Gasteiger partial charge in [-0.25, -0.2) is 0 Å². The SMILES string of the molecule is CCCCCCCCCc1cc(CCCCCCCCC)c(O)c(-n2nc3ccc(OCC)cc3n2)c1.